The molecule has 84 valence electrons. The van der Waals surface area contributed by atoms with Crippen molar-refractivity contribution in [2.45, 2.75) is 23.9 Å². The molecule has 0 aromatic heterocycles. The van der Waals surface area contributed by atoms with Gasteiger partial charge in [0.1, 0.15) is 0 Å². The van der Waals surface area contributed by atoms with Gasteiger partial charge in [-0.2, -0.15) is 0 Å². The molecule has 2 unspecified atom stereocenters. The van der Waals surface area contributed by atoms with Gasteiger partial charge in [-0.25, -0.2) is 4.21 Å². The van der Waals surface area contributed by atoms with Crippen molar-refractivity contribution >= 4 is 42.9 Å². The highest BCUT2D eigenvalue weighted by molar-refractivity contribution is 9.10. The fourth-order valence-corrected chi connectivity index (χ4v) is 2.67. The summed E-state index contributed by atoms with van der Waals surface area (Å²) in [4.78, 5) is 0.359. The van der Waals surface area contributed by atoms with Crippen LogP contribution in [0.3, 0.4) is 0 Å². The van der Waals surface area contributed by atoms with E-state index in [1.54, 1.807) is 0 Å². The second-order valence-electron chi connectivity index (χ2n) is 3.36. The summed E-state index contributed by atoms with van der Waals surface area (Å²) in [5.74, 6) is 0.197. The molecule has 0 aliphatic rings. The summed E-state index contributed by atoms with van der Waals surface area (Å²) in [5, 5.41) is 0. The van der Waals surface area contributed by atoms with E-state index < -0.39 is 11.1 Å². The standard InChI is InChI=1S/C10H12Br2O2S/c1-7(11)4-9-5-10(12)3-2-8(9)6-15(13)14/h2-3,5,7H,4,6H2,1H3,(H,13,14). The highest BCUT2D eigenvalue weighted by Gasteiger charge is 2.08. The van der Waals surface area contributed by atoms with Gasteiger partial charge in [-0.05, 0) is 29.7 Å². The van der Waals surface area contributed by atoms with Crippen LogP contribution in [-0.4, -0.2) is 13.6 Å². The molecule has 1 rings (SSSR count). The lowest BCUT2D eigenvalue weighted by Gasteiger charge is -2.10. The predicted octanol–water partition coefficient (Wildman–Crippen LogP) is 3.50. The summed E-state index contributed by atoms with van der Waals surface area (Å²) >= 11 is 5.10. The van der Waals surface area contributed by atoms with Crippen LogP contribution in [0.25, 0.3) is 0 Å². The second kappa shape index (κ2) is 6.13. The zero-order valence-electron chi connectivity index (χ0n) is 8.24. The average Bonchev–Trinajstić information content (AvgIpc) is 2.08. The van der Waals surface area contributed by atoms with Crippen LogP contribution in [0.5, 0.6) is 0 Å². The molecule has 0 aliphatic carbocycles. The van der Waals surface area contributed by atoms with Crippen molar-refractivity contribution in [3.8, 4) is 0 Å². The van der Waals surface area contributed by atoms with Gasteiger partial charge in [0, 0.05) is 9.30 Å². The Kier molecular flexibility index (Phi) is 5.46. The number of hydrogen-bond acceptors (Lipinski definition) is 1. The first-order valence-corrected chi connectivity index (χ1v) is 7.46. The predicted molar refractivity (Wildman–Crippen MR) is 70.7 cm³/mol. The topological polar surface area (TPSA) is 37.3 Å². The minimum absolute atomic E-state index is 0.197. The van der Waals surface area contributed by atoms with Gasteiger partial charge in [-0.15, -0.1) is 0 Å². The molecule has 2 atom stereocenters. The molecule has 0 saturated carbocycles. The molecule has 0 fully saturated rings. The van der Waals surface area contributed by atoms with Crippen molar-refractivity contribution in [2.75, 3.05) is 0 Å². The largest absolute Gasteiger partial charge is 0.306 e. The van der Waals surface area contributed by atoms with Gasteiger partial charge in [0.15, 0.2) is 11.1 Å². The fourth-order valence-electron chi connectivity index (χ4n) is 1.36. The maximum absolute atomic E-state index is 10.8. The van der Waals surface area contributed by atoms with Crippen LogP contribution in [0.1, 0.15) is 18.1 Å². The molecule has 2 nitrogen and oxygen atoms in total. The third-order valence-electron chi connectivity index (χ3n) is 1.95. The maximum atomic E-state index is 10.8. The molecule has 0 bridgehead atoms. The zero-order valence-corrected chi connectivity index (χ0v) is 12.2. The summed E-state index contributed by atoms with van der Waals surface area (Å²) in [6.07, 6.45) is 0.853. The first-order chi connectivity index (χ1) is 6.99. The monoisotopic (exact) mass is 354 g/mol. The summed E-state index contributed by atoms with van der Waals surface area (Å²) in [7, 11) is 0. The van der Waals surface area contributed by atoms with Gasteiger partial charge in [0.2, 0.25) is 0 Å². The Labute approximate surface area is 109 Å². The number of hydrogen-bond donors (Lipinski definition) is 1. The van der Waals surface area contributed by atoms with Crippen LogP contribution >= 0.6 is 31.9 Å². The van der Waals surface area contributed by atoms with E-state index in [1.165, 1.54) is 0 Å². The Morgan fingerprint density at radius 3 is 2.67 bits per heavy atom. The van der Waals surface area contributed by atoms with Gasteiger partial charge in [-0.3, -0.25) is 0 Å². The van der Waals surface area contributed by atoms with E-state index in [0.29, 0.717) is 4.83 Å². The average molecular weight is 356 g/mol. The third kappa shape index (κ3) is 4.76. The Hall–Kier alpha value is 0.290. The summed E-state index contributed by atoms with van der Waals surface area (Å²) in [6.45, 7) is 2.06. The molecular formula is C10H12Br2O2S. The SMILES string of the molecule is CC(Br)Cc1cc(Br)ccc1CS(=O)O. The number of rotatable bonds is 4. The van der Waals surface area contributed by atoms with Gasteiger partial charge in [-0.1, -0.05) is 44.8 Å². The van der Waals surface area contributed by atoms with E-state index in [-0.39, 0.29) is 5.75 Å². The molecule has 0 amide bonds. The number of halogens is 2. The zero-order chi connectivity index (χ0) is 11.4. The van der Waals surface area contributed by atoms with E-state index in [0.717, 1.165) is 22.0 Å². The van der Waals surface area contributed by atoms with Crippen LogP contribution in [0.4, 0.5) is 0 Å². The molecule has 5 heteroatoms. The van der Waals surface area contributed by atoms with Crippen LogP contribution in [0.2, 0.25) is 0 Å². The smallest absolute Gasteiger partial charge is 0.157 e. The fraction of sp³-hybridized carbons (Fsp3) is 0.400. The normalized spacial score (nSPS) is 14.9. The molecule has 0 saturated heterocycles. The Bertz CT molecular complexity index is 366. The Morgan fingerprint density at radius 1 is 1.47 bits per heavy atom. The lowest BCUT2D eigenvalue weighted by molar-refractivity contribution is 0.563. The van der Waals surface area contributed by atoms with Crippen molar-refractivity contribution in [1.82, 2.24) is 0 Å². The molecule has 0 radical (unpaired) electrons. The Morgan fingerprint density at radius 2 is 2.13 bits per heavy atom. The molecule has 0 heterocycles. The van der Waals surface area contributed by atoms with Crippen LogP contribution in [-0.2, 0) is 23.3 Å². The summed E-state index contributed by atoms with van der Waals surface area (Å²) in [5.41, 5.74) is 2.04. The molecule has 1 aromatic rings. The molecule has 0 spiro atoms. The van der Waals surface area contributed by atoms with Crippen molar-refractivity contribution in [1.29, 1.82) is 0 Å². The highest BCUT2D eigenvalue weighted by Crippen LogP contribution is 2.21. The first-order valence-electron chi connectivity index (χ1n) is 4.48. The van der Waals surface area contributed by atoms with E-state index in [9.17, 15) is 4.21 Å². The lowest BCUT2D eigenvalue weighted by atomic mass is 10.0. The van der Waals surface area contributed by atoms with Crippen molar-refractivity contribution in [3.63, 3.8) is 0 Å². The molecule has 1 aromatic carbocycles. The molecular weight excluding hydrogens is 344 g/mol. The minimum Gasteiger partial charge on any atom is -0.306 e. The van der Waals surface area contributed by atoms with Crippen LogP contribution < -0.4 is 0 Å². The van der Waals surface area contributed by atoms with Gasteiger partial charge in [0.05, 0.1) is 5.75 Å². The lowest BCUT2D eigenvalue weighted by Crippen LogP contribution is -2.03. The minimum atomic E-state index is -1.78. The third-order valence-corrected chi connectivity index (χ3v) is 3.32. The summed E-state index contributed by atoms with van der Waals surface area (Å²) in [6, 6.07) is 5.79. The summed E-state index contributed by atoms with van der Waals surface area (Å²) < 4.78 is 20.7. The first kappa shape index (κ1) is 13.4. The van der Waals surface area contributed by atoms with Gasteiger partial charge >= 0.3 is 0 Å². The van der Waals surface area contributed by atoms with E-state index in [1.807, 2.05) is 18.2 Å². The quantitative estimate of drug-likeness (QED) is 0.663. The van der Waals surface area contributed by atoms with Gasteiger partial charge < -0.3 is 4.55 Å². The molecule has 15 heavy (non-hydrogen) atoms. The molecule has 1 N–H and O–H groups in total. The van der Waals surface area contributed by atoms with Crippen LogP contribution in [0, 0.1) is 0 Å². The highest BCUT2D eigenvalue weighted by atomic mass is 79.9. The maximum Gasteiger partial charge on any atom is 0.157 e. The van der Waals surface area contributed by atoms with E-state index in [4.69, 9.17) is 4.55 Å². The van der Waals surface area contributed by atoms with Crippen molar-refractivity contribution in [2.24, 2.45) is 0 Å². The number of benzene rings is 1. The Balaban J connectivity index is 2.97. The van der Waals surface area contributed by atoms with Gasteiger partial charge in [0.25, 0.3) is 0 Å². The van der Waals surface area contributed by atoms with Crippen molar-refractivity contribution < 1.29 is 8.76 Å². The number of alkyl halides is 1. The van der Waals surface area contributed by atoms with E-state index >= 15 is 0 Å². The van der Waals surface area contributed by atoms with E-state index in [2.05, 4.69) is 38.8 Å². The molecule has 0 aliphatic heterocycles. The van der Waals surface area contributed by atoms with Crippen LogP contribution in [0.15, 0.2) is 22.7 Å². The van der Waals surface area contributed by atoms with Crippen molar-refractivity contribution in [3.05, 3.63) is 33.8 Å². The second-order valence-corrected chi connectivity index (χ2v) is 6.77.